The van der Waals surface area contributed by atoms with E-state index in [0.29, 0.717) is 11.0 Å². The molecule has 5 nitrogen and oxygen atoms in total. The lowest BCUT2D eigenvalue weighted by atomic mass is 10.3. The number of aromatic carboxylic acids is 1. The van der Waals surface area contributed by atoms with E-state index in [1.807, 2.05) is 0 Å². The number of carboxylic acid groups (broad SMARTS) is 1. The van der Waals surface area contributed by atoms with Gasteiger partial charge < -0.3 is 10.4 Å². The van der Waals surface area contributed by atoms with Crippen LogP contribution in [0, 0.1) is 0 Å². The number of aromatic nitrogens is 2. The maximum absolute atomic E-state index is 10.7. The van der Waals surface area contributed by atoms with Gasteiger partial charge in [-0.2, -0.15) is 5.10 Å². The molecule has 0 aromatic carbocycles. The number of hydrogen-bond donors (Lipinski definition) is 2. The average Bonchev–Trinajstić information content (AvgIpc) is 2.45. The molecular weight excluding hydrogens is 238 g/mol. The van der Waals surface area contributed by atoms with Gasteiger partial charge in [0, 0.05) is 13.1 Å². The minimum Gasteiger partial charge on any atom is -0.476 e. The Bertz CT molecular complexity index is 361. The van der Waals surface area contributed by atoms with Crippen molar-refractivity contribution in [3.05, 3.63) is 15.9 Å². The van der Waals surface area contributed by atoms with Gasteiger partial charge in [0.2, 0.25) is 0 Å². The van der Waals surface area contributed by atoms with E-state index in [-0.39, 0.29) is 5.69 Å². The Labute approximate surface area is 82.9 Å². The van der Waals surface area contributed by atoms with Gasteiger partial charge >= 0.3 is 5.97 Å². The summed E-state index contributed by atoms with van der Waals surface area (Å²) < 4.78 is 2.32. The predicted molar refractivity (Wildman–Crippen MR) is 48.6 cm³/mol. The van der Waals surface area contributed by atoms with E-state index < -0.39 is 5.97 Å². The van der Waals surface area contributed by atoms with E-state index in [0.717, 1.165) is 18.8 Å². The summed E-state index contributed by atoms with van der Waals surface area (Å²) in [7, 11) is 0. The number of hydrogen-bond acceptors (Lipinski definition) is 3. The van der Waals surface area contributed by atoms with Crippen molar-refractivity contribution in [2.45, 2.75) is 13.1 Å². The third kappa shape index (κ3) is 1.36. The summed E-state index contributed by atoms with van der Waals surface area (Å²) in [6, 6.07) is 0. The fourth-order valence-corrected chi connectivity index (χ4v) is 1.95. The fourth-order valence-electron chi connectivity index (χ4n) is 1.36. The van der Waals surface area contributed by atoms with E-state index in [9.17, 15) is 4.79 Å². The van der Waals surface area contributed by atoms with Gasteiger partial charge in [0.1, 0.15) is 0 Å². The molecule has 0 unspecified atom stereocenters. The first kappa shape index (κ1) is 8.71. The SMILES string of the molecule is O=C(O)c1nn2c(c1Br)CNCC2. The number of nitrogens with one attached hydrogen (secondary N) is 1. The predicted octanol–water partition coefficient (Wildman–Crippen LogP) is 0.447. The Morgan fingerprint density at radius 3 is 3.08 bits per heavy atom. The zero-order chi connectivity index (χ0) is 9.42. The molecule has 2 rings (SSSR count). The average molecular weight is 246 g/mol. The van der Waals surface area contributed by atoms with Crippen LogP contribution in [0.15, 0.2) is 4.47 Å². The summed E-state index contributed by atoms with van der Waals surface area (Å²) >= 11 is 3.23. The van der Waals surface area contributed by atoms with Crippen molar-refractivity contribution >= 4 is 21.9 Å². The van der Waals surface area contributed by atoms with Crippen LogP contribution in [-0.2, 0) is 13.1 Å². The molecular formula is C7H8BrN3O2. The molecule has 0 amide bonds. The molecule has 70 valence electrons. The molecule has 0 bridgehead atoms. The third-order valence-corrected chi connectivity index (χ3v) is 2.82. The van der Waals surface area contributed by atoms with E-state index >= 15 is 0 Å². The van der Waals surface area contributed by atoms with Gasteiger partial charge in [-0.15, -0.1) is 0 Å². The largest absolute Gasteiger partial charge is 0.476 e. The molecule has 0 saturated heterocycles. The van der Waals surface area contributed by atoms with Gasteiger partial charge in [-0.1, -0.05) is 0 Å². The molecule has 1 aliphatic heterocycles. The van der Waals surface area contributed by atoms with Crippen LogP contribution < -0.4 is 5.32 Å². The number of nitrogens with zero attached hydrogens (tertiary/aromatic N) is 2. The van der Waals surface area contributed by atoms with E-state index in [1.54, 1.807) is 4.68 Å². The van der Waals surface area contributed by atoms with Crippen molar-refractivity contribution in [2.24, 2.45) is 0 Å². The summed E-state index contributed by atoms with van der Waals surface area (Å²) in [6.45, 7) is 2.22. The van der Waals surface area contributed by atoms with Crippen LogP contribution in [0.2, 0.25) is 0 Å². The van der Waals surface area contributed by atoms with Gasteiger partial charge in [-0.25, -0.2) is 4.79 Å². The van der Waals surface area contributed by atoms with E-state index in [4.69, 9.17) is 5.11 Å². The van der Waals surface area contributed by atoms with Gasteiger partial charge in [0.25, 0.3) is 0 Å². The summed E-state index contributed by atoms with van der Waals surface area (Å²) in [5.41, 5.74) is 1.00. The van der Waals surface area contributed by atoms with Crippen LogP contribution in [0.5, 0.6) is 0 Å². The first-order chi connectivity index (χ1) is 6.20. The minimum absolute atomic E-state index is 0.0960. The molecule has 0 saturated carbocycles. The van der Waals surface area contributed by atoms with Gasteiger partial charge in [0.05, 0.1) is 16.7 Å². The molecule has 0 radical (unpaired) electrons. The lowest BCUT2D eigenvalue weighted by molar-refractivity contribution is 0.0688. The molecule has 6 heteroatoms. The number of rotatable bonds is 1. The maximum atomic E-state index is 10.7. The third-order valence-electron chi connectivity index (χ3n) is 1.99. The van der Waals surface area contributed by atoms with Crippen molar-refractivity contribution in [1.29, 1.82) is 0 Å². The molecule has 13 heavy (non-hydrogen) atoms. The highest BCUT2D eigenvalue weighted by Gasteiger charge is 2.21. The van der Waals surface area contributed by atoms with Crippen LogP contribution in [0.3, 0.4) is 0 Å². The Morgan fingerprint density at radius 2 is 2.46 bits per heavy atom. The fraction of sp³-hybridized carbons (Fsp3) is 0.429. The van der Waals surface area contributed by atoms with Gasteiger partial charge in [-0.05, 0) is 15.9 Å². The van der Waals surface area contributed by atoms with Crippen LogP contribution in [0.25, 0.3) is 0 Å². The van der Waals surface area contributed by atoms with Crippen molar-refractivity contribution in [3.63, 3.8) is 0 Å². The van der Waals surface area contributed by atoms with Crippen molar-refractivity contribution < 1.29 is 9.90 Å². The van der Waals surface area contributed by atoms with Crippen LogP contribution >= 0.6 is 15.9 Å². The Kier molecular flexibility index (Phi) is 2.09. The van der Waals surface area contributed by atoms with E-state index in [1.165, 1.54) is 0 Å². The molecule has 1 aliphatic rings. The Morgan fingerprint density at radius 1 is 1.69 bits per heavy atom. The molecule has 2 N–H and O–H groups in total. The maximum Gasteiger partial charge on any atom is 0.357 e. The summed E-state index contributed by atoms with van der Waals surface area (Å²) in [4.78, 5) is 10.7. The van der Waals surface area contributed by atoms with Crippen LogP contribution in [-0.4, -0.2) is 27.4 Å². The first-order valence-electron chi connectivity index (χ1n) is 3.89. The lowest BCUT2D eigenvalue weighted by Crippen LogP contribution is -2.28. The van der Waals surface area contributed by atoms with Gasteiger partial charge in [0.15, 0.2) is 5.69 Å². The summed E-state index contributed by atoms with van der Waals surface area (Å²) in [5.74, 6) is -0.992. The molecule has 0 aliphatic carbocycles. The zero-order valence-electron chi connectivity index (χ0n) is 6.75. The van der Waals surface area contributed by atoms with Crippen molar-refractivity contribution in [2.75, 3.05) is 6.54 Å². The topological polar surface area (TPSA) is 67.1 Å². The minimum atomic E-state index is -0.992. The quantitative estimate of drug-likeness (QED) is 0.754. The molecule has 0 spiro atoms. The number of carbonyl (C=O) groups is 1. The Hall–Kier alpha value is -0.880. The van der Waals surface area contributed by atoms with Crippen molar-refractivity contribution in [3.8, 4) is 0 Å². The zero-order valence-corrected chi connectivity index (χ0v) is 8.34. The monoisotopic (exact) mass is 245 g/mol. The standard InChI is InChI=1S/C7H8BrN3O2/c8-5-4-3-9-1-2-11(4)10-6(5)7(12)13/h9H,1-3H2,(H,12,13). The number of fused-ring (bicyclic) bond motifs is 1. The number of carboxylic acids is 1. The molecule has 1 aromatic heterocycles. The van der Waals surface area contributed by atoms with Crippen LogP contribution in [0.1, 0.15) is 16.2 Å². The molecule has 0 atom stereocenters. The summed E-state index contributed by atoms with van der Waals surface area (Å²) in [5, 5.41) is 15.9. The second-order valence-electron chi connectivity index (χ2n) is 2.81. The van der Waals surface area contributed by atoms with E-state index in [2.05, 4.69) is 26.3 Å². The second kappa shape index (κ2) is 3.12. The highest BCUT2D eigenvalue weighted by Crippen LogP contribution is 2.22. The summed E-state index contributed by atoms with van der Waals surface area (Å²) in [6.07, 6.45) is 0. The molecule has 0 fully saturated rings. The molecule has 2 heterocycles. The Balaban J connectivity index is 2.50. The first-order valence-corrected chi connectivity index (χ1v) is 4.68. The lowest BCUT2D eigenvalue weighted by Gasteiger charge is -2.14. The highest BCUT2D eigenvalue weighted by molar-refractivity contribution is 9.10. The van der Waals surface area contributed by atoms with Crippen LogP contribution in [0.4, 0.5) is 0 Å². The molecule has 1 aromatic rings. The second-order valence-corrected chi connectivity index (χ2v) is 3.61. The number of halogens is 1. The highest BCUT2D eigenvalue weighted by atomic mass is 79.9. The normalized spacial score (nSPS) is 15.5. The smallest absolute Gasteiger partial charge is 0.357 e. The van der Waals surface area contributed by atoms with Crippen molar-refractivity contribution in [1.82, 2.24) is 15.1 Å². The van der Waals surface area contributed by atoms with Gasteiger partial charge in [-0.3, -0.25) is 4.68 Å².